The number of aromatic nitrogens is 1. The lowest BCUT2D eigenvalue weighted by Crippen LogP contribution is -2.14. The zero-order valence-corrected chi connectivity index (χ0v) is 10.6. The maximum Gasteiger partial charge on any atom is 0.335 e. The van der Waals surface area contributed by atoms with Gasteiger partial charge < -0.3 is 15.5 Å². The molecule has 0 atom stereocenters. The Morgan fingerprint density at radius 2 is 2.00 bits per heavy atom. The monoisotopic (exact) mass is 283 g/mol. The average molecular weight is 283 g/mol. The van der Waals surface area contributed by atoms with Gasteiger partial charge in [0.15, 0.2) is 0 Å². The molecule has 0 saturated carbocycles. The molecule has 0 aliphatic heterocycles. The van der Waals surface area contributed by atoms with E-state index in [-0.39, 0.29) is 22.7 Å². The van der Waals surface area contributed by atoms with E-state index in [1.165, 1.54) is 30.5 Å². The van der Waals surface area contributed by atoms with E-state index in [0.29, 0.717) is 5.56 Å². The second kappa shape index (κ2) is 5.71. The quantitative estimate of drug-likeness (QED) is 0.735. The Morgan fingerprint density at radius 3 is 2.52 bits per heavy atom. The van der Waals surface area contributed by atoms with Crippen LogP contribution < -0.4 is 5.32 Å². The zero-order valence-electron chi connectivity index (χ0n) is 10.6. The van der Waals surface area contributed by atoms with Crippen molar-refractivity contribution >= 4 is 17.6 Å². The Bertz CT molecular complexity index is 748. The van der Waals surface area contributed by atoms with Crippen LogP contribution in [-0.2, 0) is 0 Å². The van der Waals surface area contributed by atoms with Gasteiger partial charge in [-0.05, 0) is 30.3 Å². The minimum absolute atomic E-state index is 0.0655. The van der Waals surface area contributed by atoms with Crippen LogP contribution in [0.3, 0.4) is 0 Å². The summed E-state index contributed by atoms with van der Waals surface area (Å²) in [6, 6.07) is 8.25. The number of nitrogens with one attached hydrogen (secondary N) is 1. The highest BCUT2D eigenvalue weighted by molar-refractivity contribution is 6.04. The molecule has 1 aromatic carbocycles. The lowest BCUT2D eigenvalue weighted by Gasteiger charge is -2.07. The number of hydrogen-bond donors (Lipinski definition) is 3. The molecular formula is C14H9N3O4. The van der Waals surface area contributed by atoms with Gasteiger partial charge in [0.2, 0.25) is 0 Å². The van der Waals surface area contributed by atoms with E-state index in [1.54, 1.807) is 0 Å². The lowest BCUT2D eigenvalue weighted by atomic mass is 10.2. The molecule has 7 heteroatoms. The normalized spacial score (nSPS) is 9.67. The van der Waals surface area contributed by atoms with Gasteiger partial charge in [-0.2, -0.15) is 5.26 Å². The van der Waals surface area contributed by atoms with Crippen LogP contribution in [0, 0.1) is 11.3 Å². The molecule has 0 spiro atoms. The number of phenols is 1. The van der Waals surface area contributed by atoms with Crippen molar-refractivity contribution in [1.82, 2.24) is 4.98 Å². The number of aromatic hydroxyl groups is 1. The summed E-state index contributed by atoms with van der Waals surface area (Å²) in [7, 11) is 0. The molecule has 0 unspecified atom stereocenters. The van der Waals surface area contributed by atoms with Gasteiger partial charge in [-0.3, -0.25) is 4.79 Å². The van der Waals surface area contributed by atoms with Gasteiger partial charge in [0.1, 0.15) is 17.5 Å². The number of hydrogen-bond acceptors (Lipinski definition) is 5. The van der Waals surface area contributed by atoms with Crippen molar-refractivity contribution in [2.24, 2.45) is 0 Å². The van der Waals surface area contributed by atoms with Gasteiger partial charge in [-0.25, -0.2) is 9.78 Å². The molecule has 0 radical (unpaired) electrons. The number of nitriles is 1. The number of benzene rings is 1. The number of amides is 1. The fraction of sp³-hybridized carbons (Fsp3) is 0. The molecule has 0 bridgehead atoms. The highest BCUT2D eigenvalue weighted by Gasteiger charge is 2.12. The maximum absolute atomic E-state index is 11.9. The van der Waals surface area contributed by atoms with Crippen LogP contribution in [0.15, 0.2) is 36.5 Å². The molecule has 7 nitrogen and oxygen atoms in total. The van der Waals surface area contributed by atoms with Gasteiger partial charge in [0.05, 0.1) is 16.8 Å². The minimum atomic E-state index is -1.18. The summed E-state index contributed by atoms with van der Waals surface area (Å²) >= 11 is 0. The SMILES string of the molecule is N#Cc1ccc(C(=O)Nc2ccc(C(=O)O)cc2O)nc1. The van der Waals surface area contributed by atoms with E-state index in [4.69, 9.17) is 10.4 Å². The number of aromatic carboxylic acids is 1. The third kappa shape index (κ3) is 3.13. The number of anilines is 1. The predicted octanol–water partition coefficient (Wildman–Crippen LogP) is 1.61. The lowest BCUT2D eigenvalue weighted by molar-refractivity contribution is 0.0696. The van der Waals surface area contributed by atoms with Crippen LogP contribution >= 0.6 is 0 Å². The average Bonchev–Trinajstić information content (AvgIpc) is 2.49. The van der Waals surface area contributed by atoms with Crippen LogP contribution in [0.2, 0.25) is 0 Å². The molecule has 1 amide bonds. The number of carboxylic acids is 1. The molecule has 0 aliphatic carbocycles. The van der Waals surface area contributed by atoms with E-state index in [9.17, 15) is 14.7 Å². The van der Waals surface area contributed by atoms with Crippen molar-refractivity contribution in [2.75, 3.05) is 5.32 Å². The standard InChI is InChI=1S/C14H9N3O4/c15-6-8-1-3-11(16-7-8)13(19)17-10-4-2-9(14(20)21)5-12(10)18/h1-5,7,18H,(H,17,19)(H,20,21). The fourth-order valence-corrected chi connectivity index (χ4v) is 1.55. The summed E-state index contributed by atoms with van der Waals surface area (Å²) in [5.74, 6) is -2.13. The number of pyridine rings is 1. The first kappa shape index (κ1) is 14.0. The van der Waals surface area contributed by atoms with Crippen LogP contribution in [0.4, 0.5) is 5.69 Å². The smallest absolute Gasteiger partial charge is 0.335 e. The first-order chi connectivity index (χ1) is 10.0. The first-order valence-corrected chi connectivity index (χ1v) is 5.75. The highest BCUT2D eigenvalue weighted by atomic mass is 16.4. The summed E-state index contributed by atoms with van der Waals surface area (Å²) in [4.78, 5) is 26.4. The molecule has 3 N–H and O–H groups in total. The topological polar surface area (TPSA) is 123 Å². The van der Waals surface area contributed by atoms with Crippen molar-refractivity contribution < 1.29 is 19.8 Å². The Kier molecular flexibility index (Phi) is 3.81. The molecule has 21 heavy (non-hydrogen) atoms. The van der Waals surface area contributed by atoms with Crippen LogP contribution in [-0.4, -0.2) is 27.1 Å². The fourth-order valence-electron chi connectivity index (χ4n) is 1.55. The summed E-state index contributed by atoms with van der Waals surface area (Å²) in [6.07, 6.45) is 1.25. The molecule has 1 aromatic heterocycles. The molecule has 2 aromatic rings. The number of carbonyl (C=O) groups excluding carboxylic acids is 1. The van der Waals surface area contributed by atoms with Crippen LogP contribution in [0.5, 0.6) is 5.75 Å². The van der Waals surface area contributed by atoms with Crippen molar-refractivity contribution in [1.29, 1.82) is 5.26 Å². The van der Waals surface area contributed by atoms with Gasteiger partial charge in [0.25, 0.3) is 5.91 Å². The van der Waals surface area contributed by atoms with Crippen molar-refractivity contribution in [2.45, 2.75) is 0 Å². The molecule has 0 aliphatic rings. The third-order valence-corrected chi connectivity index (χ3v) is 2.62. The van der Waals surface area contributed by atoms with Gasteiger partial charge in [0, 0.05) is 6.20 Å². The van der Waals surface area contributed by atoms with Gasteiger partial charge in [-0.1, -0.05) is 0 Å². The van der Waals surface area contributed by atoms with Gasteiger partial charge in [-0.15, -0.1) is 0 Å². The van der Waals surface area contributed by atoms with E-state index in [1.807, 2.05) is 6.07 Å². The molecular weight excluding hydrogens is 274 g/mol. The predicted molar refractivity (Wildman–Crippen MR) is 72.0 cm³/mol. The van der Waals surface area contributed by atoms with E-state index >= 15 is 0 Å². The highest BCUT2D eigenvalue weighted by Crippen LogP contribution is 2.24. The van der Waals surface area contributed by atoms with Gasteiger partial charge >= 0.3 is 5.97 Å². The zero-order chi connectivity index (χ0) is 15.4. The number of nitrogens with zero attached hydrogens (tertiary/aromatic N) is 2. The number of carboxylic acid groups (broad SMARTS) is 1. The summed E-state index contributed by atoms with van der Waals surface area (Å²) in [6.45, 7) is 0. The second-order valence-electron chi connectivity index (χ2n) is 4.04. The van der Waals surface area contributed by atoms with Crippen molar-refractivity contribution in [3.8, 4) is 11.8 Å². The molecule has 0 saturated heterocycles. The largest absolute Gasteiger partial charge is 0.506 e. The van der Waals surface area contributed by atoms with E-state index in [2.05, 4.69) is 10.3 Å². The third-order valence-electron chi connectivity index (χ3n) is 2.62. The van der Waals surface area contributed by atoms with E-state index in [0.717, 1.165) is 6.07 Å². The Balaban J connectivity index is 2.19. The molecule has 0 fully saturated rings. The van der Waals surface area contributed by atoms with Crippen molar-refractivity contribution in [3.05, 3.63) is 53.3 Å². The summed E-state index contributed by atoms with van der Waals surface area (Å²) < 4.78 is 0. The van der Waals surface area contributed by atoms with Crippen LogP contribution in [0.25, 0.3) is 0 Å². The second-order valence-corrected chi connectivity index (χ2v) is 4.04. The summed E-state index contributed by atoms with van der Waals surface area (Å²) in [5.41, 5.74) is 0.356. The summed E-state index contributed by atoms with van der Waals surface area (Å²) in [5, 5.41) is 29.5. The number of carbonyl (C=O) groups is 2. The Labute approximate surface area is 119 Å². The Hall–Kier alpha value is -3.40. The number of phenolic OH excluding ortho intramolecular Hbond substituents is 1. The molecule has 2 rings (SSSR count). The number of rotatable bonds is 3. The molecule has 104 valence electrons. The van der Waals surface area contributed by atoms with E-state index < -0.39 is 11.9 Å². The van der Waals surface area contributed by atoms with Crippen molar-refractivity contribution in [3.63, 3.8) is 0 Å². The molecule has 1 heterocycles. The van der Waals surface area contributed by atoms with Crippen LogP contribution in [0.1, 0.15) is 26.4 Å². The first-order valence-electron chi connectivity index (χ1n) is 5.75. The minimum Gasteiger partial charge on any atom is -0.506 e. The maximum atomic E-state index is 11.9. The Morgan fingerprint density at radius 1 is 1.24 bits per heavy atom.